The number of likely N-dealkylation sites (tertiary alicyclic amines) is 1. The zero-order chi connectivity index (χ0) is 20.6. The van der Waals surface area contributed by atoms with E-state index in [0.29, 0.717) is 43.6 Å². The Labute approximate surface area is 164 Å². The second-order valence-corrected chi connectivity index (χ2v) is 9.61. The summed E-state index contributed by atoms with van der Waals surface area (Å²) in [5, 5.41) is 0. The summed E-state index contributed by atoms with van der Waals surface area (Å²) >= 11 is 0. The minimum absolute atomic E-state index is 0.158. The first-order valence-corrected chi connectivity index (χ1v) is 11.2. The number of imide groups is 1. The van der Waals surface area contributed by atoms with Crippen LogP contribution in [0.1, 0.15) is 57.8 Å². The molecular formula is C19H25N3O5S. The first-order valence-electron chi connectivity index (χ1n) is 9.33. The number of benzene rings is 1. The summed E-state index contributed by atoms with van der Waals surface area (Å²) in [6.07, 6.45) is 2.18. The lowest BCUT2D eigenvalue weighted by Crippen LogP contribution is -2.46. The molecular weight excluding hydrogens is 382 g/mol. The van der Waals surface area contributed by atoms with E-state index < -0.39 is 10.0 Å². The Balaban J connectivity index is 1.71. The Morgan fingerprint density at radius 2 is 1.75 bits per heavy atom. The molecule has 1 aromatic carbocycles. The summed E-state index contributed by atoms with van der Waals surface area (Å²) in [5.74, 6) is -0.743. The average molecular weight is 407 g/mol. The third kappa shape index (κ3) is 4.25. The number of rotatable bonds is 5. The largest absolute Gasteiger partial charge is 0.339 e. The topological polar surface area (TPSA) is 104 Å². The number of amides is 3. The predicted molar refractivity (Wildman–Crippen MR) is 104 cm³/mol. The monoisotopic (exact) mass is 407 g/mol. The summed E-state index contributed by atoms with van der Waals surface area (Å²) in [4.78, 5) is 40.7. The molecule has 1 aromatic rings. The molecule has 0 aliphatic carbocycles. The van der Waals surface area contributed by atoms with Crippen LogP contribution in [0.25, 0.3) is 0 Å². The molecule has 8 nitrogen and oxygen atoms in total. The minimum Gasteiger partial charge on any atom is -0.339 e. The van der Waals surface area contributed by atoms with Gasteiger partial charge in [-0.15, -0.1) is 0 Å². The van der Waals surface area contributed by atoms with E-state index in [9.17, 15) is 22.8 Å². The van der Waals surface area contributed by atoms with Gasteiger partial charge in [-0.2, -0.15) is 0 Å². The van der Waals surface area contributed by atoms with Crippen LogP contribution in [0.5, 0.6) is 0 Å². The van der Waals surface area contributed by atoms with Crippen molar-refractivity contribution in [1.29, 1.82) is 0 Å². The van der Waals surface area contributed by atoms with Crippen molar-refractivity contribution in [2.24, 2.45) is 5.92 Å². The van der Waals surface area contributed by atoms with Gasteiger partial charge < -0.3 is 4.90 Å². The van der Waals surface area contributed by atoms with Gasteiger partial charge in [0.05, 0.1) is 17.4 Å². The lowest BCUT2D eigenvalue weighted by molar-refractivity contribution is 0.0635. The molecule has 0 spiro atoms. The molecule has 0 saturated carbocycles. The Morgan fingerprint density at radius 1 is 1.14 bits per heavy atom. The van der Waals surface area contributed by atoms with Crippen LogP contribution in [0, 0.1) is 5.92 Å². The summed E-state index contributed by atoms with van der Waals surface area (Å²) in [5.41, 5.74) is 0.962. The molecule has 3 amide bonds. The fourth-order valence-corrected chi connectivity index (χ4v) is 4.48. The summed E-state index contributed by atoms with van der Waals surface area (Å²) in [7, 11) is -3.27. The SMILES string of the molecule is CC(C)CN1C(=O)c2ccc(C(=O)N3CCC(NS(C)(=O)=O)CC3)cc2C1=O. The van der Waals surface area contributed by atoms with E-state index in [1.54, 1.807) is 17.0 Å². The van der Waals surface area contributed by atoms with E-state index in [0.717, 1.165) is 6.26 Å². The third-order valence-corrected chi connectivity index (χ3v) is 5.69. The van der Waals surface area contributed by atoms with Gasteiger partial charge in [0.15, 0.2) is 0 Å². The Hall–Kier alpha value is -2.26. The highest BCUT2D eigenvalue weighted by Crippen LogP contribution is 2.26. The molecule has 28 heavy (non-hydrogen) atoms. The maximum atomic E-state index is 12.8. The van der Waals surface area contributed by atoms with Crippen molar-refractivity contribution in [2.45, 2.75) is 32.7 Å². The second kappa shape index (κ2) is 7.63. The predicted octanol–water partition coefficient (Wildman–Crippen LogP) is 1.09. The number of sulfonamides is 1. The number of hydrogen-bond acceptors (Lipinski definition) is 5. The van der Waals surface area contributed by atoms with Crippen LogP contribution < -0.4 is 4.72 Å². The molecule has 0 bridgehead atoms. The van der Waals surface area contributed by atoms with Gasteiger partial charge in [-0.25, -0.2) is 13.1 Å². The number of fused-ring (bicyclic) bond motifs is 1. The first-order chi connectivity index (χ1) is 13.1. The minimum atomic E-state index is -3.27. The summed E-state index contributed by atoms with van der Waals surface area (Å²) in [6, 6.07) is 4.44. The van der Waals surface area contributed by atoms with E-state index in [-0.39, 0.29) is 35.2 Å². The van der Waals surface area contributed by atoms with Crippen LogP contribution in [-0.2, 0) is 10.0 Å². The van der Waals surface area contributed by atoms with Gasteiger partial charge in [0.1, 0.15) is 0 Å². The van der Waals surface area contributed by atoms with Crippen molar-refractivity contribution in [3.8, 4) is 0 Å². The molecule has 0 radical (unpaired) electrons. The number of piperidine rings is 1. The number of nitrogens with one attached hydrogen (secondary N) is 1. The highest BCUT2D eigenvalue weighted by molar-refractivity contribution is 7.88. The third-order valence-electron chi connectivity index (χ3n) is 4.93. The summed E-state index contributed by atoms with van der Waals surface area (Å²) in [6.45, 7) is 5.06. The quantitative estimate of drug-likeness (QED) is 0.736. The lowest BCUT2D eigenvalue weighted by atomic mass is 10.0. The molecule has 1 N–H and O–H groups in total. The zero-order valence-corrected chi connectivity index (χ0v) is 17.1. The molecule has 0 atom stereocenters. The highest BCUT2D eigenvalue weighted by Gasteiger charge is 2.36. The number of hydrogen-bond donors (Lipinski definition) is 1. The van der Waals surface area contributed by atoms with Crippen LogP contribution in [-0.4, -0.2) is 67.9 Å². The van der Waals surface area contributed by atoms with Crippen molar-refractivity contribution in [3.05, 3.63) is 34.9 Å². The van der Waals surface area contributed by atoms with Crippen molar-refractivity contribution in [1.82, 2.24) is 14.5 Å². The molecule has 2 aliphatic rings. The molecule has 0 aromatic heterocycles. The zero-order valence-electron chi connectivity index (χ0n) is 16.3. The van der Waals surface area contributed by atoms with Crippen molar-refractivity contribution in [3.63, 3.8) is 0 Å². The Kier molecular flexibility index (Phi) is 5.58. The molecule has 3 rings (SSSR count). The van der Waals surface area contributed by atoms with Gasteiger partial charge >= 0.3 is 0 Å². The molecule has 1 saturated heterocycles. The molecule has 2 aliphatic heterocycles. The van der Waals surface area contributed by atoms with Gasteiger partial charge in [0, 0.05) is 31.2 Å². The summed E-state index contributed by atoms with van der Waals surface area (Å²) < 4.78 is 25.2. The van der Waals surface area contributed by atoms with Crippen molar-refractivity contribution < 1.29 is 22.8 Å². The van der Waals surface area contributed by atoms with E-state index in [1.807, 2.05) is 13.8 Å². The molecule has 9 heteroatoms. The van der Waals surface area contributed by atoms with Crippen LogP contribution in [0.15, 0.2) is 18.2 Å². The lowest BCUT2D eigenvalue weighted by Gasteiger charge is -2.32. The molecule has 152 valence electrons. The molecule has 1 fully saturated rings. The van der Waals surface area contributed by atoms with Gasteiger partial charge in [0.2, 0.25) is 10.0 Å². The molecule has 2 heterocycles. The van der Waals surface area contributed by atoms with Gasteiger partial charge in [-0.3, -0.25) is 19.3 Å². The maximum Gasteiger partial charge on any atom is 0.261 e. The molecule has 0 unspecified atom stereocenters. The van der Waals surface area contributed by atoms with E-state index in [1.165, 1.54) is 11.0 Å². The van der Waals surface area contributed by atoms with Crippen LogP contribution in [0.3, 0.4) is 0 Å². The fourth-order valence-electron chi connectivity index (χ4n) is 3.64. The van der Waals surface area contributed by atoms with Crippen molar-refractivity contribution >= 4 is 27.7 Å². The number of nitrogens with zero attached hydrogens (tertiary/aromatic N) is 2. The van der Waals surface area contributed by atoms with E-state index >= 15 is 0 Å². The maximum absolute atomic E-state index is 12.8. The first kappa shape index (κ1) is 20.5. The average Bonchev–Trinajstić information content (AvgIpc) is 2.84. The Morgan fingerprint density at radius 3 is 2.32 bits per heavy atom. The number of carbonyl (C=O) groups excluding carboxylic acids is 3. The standard InChI is InChI=1S/C19H25N3O5S/c1-12(2)11-22-18(24)15-5-4-13(10-16(15)19(22)25)17(23)21-8-6-14(7-9-21)20-28(3,26)27/h4-5,10,12,14,20H,6-9,11H2,1-3H3. The van der Waals surface area contributed by atoms with Crippen LogP contribution in [0.2, 0.25) is 0 Å². The normalized spacial score (nSPS) is 18.1. The fraction of sp³-hybridized carbons (Fsp3) is 0.526. The van der Waals surface area contributed by atoms with E-state index in [2.05, 4.69) is 4.72 Å². The second-order valence-electron chi connectivity index (χ2n) is 7.83. The van der Waals surface area contributed by atoms with Gasteiger partial charge in [-0.1, -0.05) is 13.8 Å². The van der Waals surface area contributed by atoms with Crippen LogP contribution >= 0.6 is 0 Å². The van der Waals surface area contributed by atoms with E-state index in [4.69, 9.17) is 0 Å². The Bertz CT molecular complexity index is 917. The van der Waals surface area contributed by atoms with Gasteiger partial charge in [0.25, 0.3) is 17.7 Å². The van der Waals surface area contributed by atoms with Gasteiger partial charge in [-0.05, 0) is 37.0 Å². The number of carbonyl (C=O) groups is 3. The van der Waals surface area contributed by atoms with Crippen LogP contribution in [0.4, 0.5) is 0 Å². The van der Waals surface area contributed by atoms with Crippen molar-refractivity contribution in [2.75, 3.05) is 25.9 Å². The smallest absolute Gasteiger partial charge is 0.261 e. The highest BCUT2D eigenvalue weighted by atomic mass is 32.2.